The molecule has 17 heavy (non-hydrogen) atoms. The van der Waals surface area contributed by atoms with Crippen molar-refractivity contribution in [1.29, 1.82) is 0 Å². The minimum Gasteiger partial charge on any atom is -0.480 e. The van der Waals surface area contributed by atoms with Crippen molar-refractivity contribution in [3.63, 3.8) is 0 Å². The Labute approximate surface area is 100 Å². The van der Waals surface area contributed by atoms with Crippen LogP contribution in [0.25, 0.3) is 0 Å². The lowest BCUT2D eigenvalue weighted by Crippen LogP contribution is -2.50. The standard InChI is InChI=1S/C12H16N2O3/c1-3-14(9-7-5-4-6-8-9)11(15)10(13-2)12(16)17/h4-8,10,13H,3H2,1-2H3,(H,16,17). The fraction of sp³-hybridized carbons (Fsp3) is 0.333. The van der Waals surface area contributed by atoms with E-state index in [-0.39, 0.29) is 0 Å². The van der Waals surface area contributed by atoms with Crippen molar-refractivity contribution in [2.45, 2.75) is 13.0 Å². The number of nitrogens with one attached hydrogen (secondary N) is 1. The van der Waals surface area contributed by atoms with Gasteiger partial charge in [-0.2, -0.15) is 0 Å². The summed E-state index contributed by atoms with van der Waals surface area (Å²) in [5, 5.41) is 11.4. The molecule has 92 valence electrons. The molecule has 0 saturated carbocycles. The second kappa shape index (κ2) is 6.00. The molecule has 1 aromatic rings. The highest BCUT2D eigenvalue weighted by atomic mass is 16.4. The fourth-order valence-corrected chi connectivity index (χ4v) is 1.58. The zero-order valence-electron chi connectivity index (χ0n) is 9.88. The molecule has 2 N–H and O–H groups in total. The molecule has 0 saturated heterocycles. The number of likely N-dealkylation sites (N-methyl/N-ethyl adjacent to an activating group) is 2. The van der Waals surface area contributed by atoms with Gasteiger partial charge in [0.15, 0.2) is 6.04 Å². The normalized spacial score (nSPS) is 11.9. The van der Waals surface area contributed by atoms with Crippen molar-refractivity contribution >= 4 is 17.6 Å². The number of para-hydroxylation sites is 1. The number of aliphatic carboxylic acids is 1. The van der Waals surface area contributed by atoms with Crippen LogP contribution in [0.15, 0.2) is 30.3 Å². The summed E-state index contributed by atoms with van der Waals surface area (Å²) in [5.41, 5.74) is 0.696. The molecule has 0 radical (unpaired) electrons. The predicted octanol–water partition coefficient (Wildman–Crippen LogP) is 0.712. The topological polar surface area (TPSA) is 69.6 Å². The highest BCUT2D eigenvalue weighted by Gasteiger charge is 2.28. The number of anilines is 1. The number of carbonyl (C=O) groups is 2. The van der Waals surface area contributed by atoms with E-state index in [9.17, 15) is 9.59 Å². The second-order valence-electron chi connectivity index (χ2n) is 3.48. The third-order valence-corrected chi connectivity index (χ3v) is 2.43. The summed E-state index contributed by atoms with van der Waals surface area (Å²) in [7, 11) is 1.45. The summed E-state index contributed by atoms with van der Waals surface area (Å²) in [6.07, 6.45) is 0. The molecule has 0 heterocycles. The molecule has 1 amide bonds. The summed E-state index contributed by atoms with van der Waals surface area (Å²) >= 11 is 0. The summed E-state index contributed by atoms with van der Waals surface area (Å²) in [6.45, 7) is 2.23. The van der Waals surface area contributed by atoms with Crippen LogP contribution in [0, 0.1) is 0 Å². The van der Waals surface area contributed by atoms with E-state index in [1.807, 2.05) is 6.07 Å². The Morgan fingerprint density at radius 2 is 1.94 bits per heavy atom. The summed E-state index contributed by atoms with van der Waals surface area (Å²) in [5.74, 6) is -1.64. The Hall–Kier alpha value is -1.88. The average Bonchev–Trinajstić information content (AvgIpc) is 2.31. The number of hydrogen-bond donors (Lipinski definition) is 2. The highest BCUT2D eigenvalue weighted by molar-refractivity contribution is 6.09. The lowest BCUT2D eigenvalue weighted by Gasteiger charge is -2.24. The Morgan fingerprint density at radius 1 is 1.35 bits per heavy atom. The number of hydrogen-bond acceptors (Lipinski definition) is 3. The molecule has 1 unspecified atom stereocenters. The van der Waals surface area contributed by atoms with E-state index in [0.29, 0.717) is 12.2 Å². The van der Waals surface area contributed by atoms with Gasteiger partial charge >= 0.3 is 5.97 Å². The zero-order valence-corrected chi connectivity index (χ0v) is 9.88. The SMILES string of the molecule is CCN(C(=O)C(NC)C(=O)O)c1ccccc1. The van der Waals surface area contributed by atoms with Crippen LogP contribution in [-0.4, -0.2) is 36.6 Å². The number of nitrogens with zero attached hydrogens (tertiary/aromatic N) is 1. The maximum atomic E-state index is 12.0. The third kappa shape index (κ3) is 3.04. The highest BCUT2D eigenvalue weighted by Crippen LogP contribution is 2.14. The van der Waals surface area contributed by atoms with Crippen molar-refractivity contribution in [1.82, 2.24) is 5.32 Å². The Bertz CT molecular complexity index is 392. The molecule has 0 aliphatic heterocycles. The van der Waals surface area contributed by atoms with Gasteiger partial charge in [0.05, 0.1) is 0 Å². The Kier molecular flexibility index (Phi) is 4.66. The van der Waals surface area contributed by atoms with Crippen LogP contribution < -0.4 is 10.2 Å². The first kappa shape index (κ1) is 13.2. The molecule has 0 bridgehead atoms. The van der Waals surface area contributed by atoms with Crippen LogP contribution >= 0.6 is 0 Å². The third-order valence-electron chi connectivity index (χ3n) is 2.43. The van der Waals surface area contributed by atoms with E-state index in [2.05, 4.69) is 5.32 Å². The lowest BCUT2D eigenvalue weighted by molar-refractivity contribution is -0.143. The van der Waals surface area contributed by atoms with Gasteiger partial charge in [-0.25, -0.2) is 4.79 Å². The molecule has 0 aliphatic carbocycles. The Balaban J connectivity index is 2.95. The molecule has 5 heteroatoms. The van der Waals surface area contributed by atoms with Crippen LogP contribution in [-0.2, 0) is 9.59 Å². The smallest absolute Gasteiger partial charge is 0.330 e. The number of carbonyl (C=O) groups excluding carboxylic acids is 1. The fourth-order valence-electron chi connectivity index (χ4n) is 1.58. The first-order valence-corrected chi connectivity index (χ1v) is 5.38. The van der Waals surface area contributed by atoms with Gasteiger partial charge in [-0.3, -0.25) is 10.1 Å². The van der Waals surface area contributed by atoms with Gasteiger partial charge in [0.25, 0.3) is 5.91 Å². The van der Waals surface area contributed by atoms with E-state index in [4.69, 9.17) is 5.11 Å². The van der Waals surface area contributed by atoms with Crippen LogP contribution in [0.5, 0.6) is 0 Å². The van der Waals surface area contributed by atoms with E-state index < -0.39 is 17.9 Å². The average molecular weight is 236 g/mol. The number of amides is 1. The molecule has 0 spiro atoms. The number of benzene rings is 1. The molecule has 5 nitrogen and oxygen atoms in total. The van der Waals surface area contributed by atoms with Gasteiger partial charge < -0.3 is 10.0 Å². The van der Waals surface area contributed by atoms with Crippen LogP contribution in [0.1, 0.15) is 6.92 Å². The minimum atomic E-state index is -1.21. The maximum absolute atomic E-state index is 12.0. The van der Waals surface area contributed by atoms with E-state index >= 15 is 0 Å². The van der Waals surface area contributed by atoms with E-state index in [0.717, 1.165) is 0 Å². The number of carboxylic acid groups (broad SMARTS) is 1. The molecular formula is C12H16N2O3. The number of carboxylic acids is 1. The molecular weight excluding hydrogens is 220 g/mol. The molecule has 0 aromatic heterocycles. The minimum absolute atomic E-state index is 0.425. The van der Waals surface area contributed by atoms with Gasteiger partial charge in [0.1, 0.15) is 0 Å². The molecule has 0 fully saturated rings. The summed E-state index contributed by atoms with van der Waals surface area (Å²) in [4.78, 5) is 24.4. The lowest BCUT2D eigenvalue weighted by atomic mass is 10.2. The monoisotopic (exact) mass is 236 g/mol. The first-order chi connectivity index (χ1) is 8.11. The van der Waals surface area contributed by atoms with Crippen molar-refractivity contribution in [3.05, 3.63) is 30.3 Å². The van der Waals surface area contributed by atoms with Crippen LogP contribution in [0.4, 0.5) is 5.69 Å². The van der Waals surface area contributed by atoms with Gasteiger partial charge in [-0.1, -0.05) is 18.2 Å². The predicted molar refractivity (Wildman–Crippen MR) is 65.0 cm³/mol. The maximum Gasteiger partial charge on any atom is 0.330 e. The Morgan fingerprint density at radius 3 is 2.35 bits per heavy atom. The summed E-state index contributed by atoms with van der Waals surface area (Å²) < 4.78 is 0. The first-order valence-electron chi connectivity index (χ1n) is 5.38. The summed E-state index contributed by atoms with van der Waals surface area (Å²) in [6, 6.07) is 7.79. The van der Waals surface area contributed by atoms with Crippen LogP contribution in [0.3, 0.4) is 0 Å². The van der Waals surface area contributed by atoms with E-state index in [1.54, 1.807) is 31.2 Å². The van der Waals surface area contributed by atoms with Gasteiger partial charge in [0.2, 0.25) is 0 Å². The zero-order chi connectivity index (χ0) is 12.8. The van der Waals surface area contributed by atoms with Crippen molar-refractivity contribution in [2.75, 3.05) is 18.5 Å². The molecule has 1 atom stereocenters. The largest absolute Gasteiger partial charge is 0.480 e. The van der Waals surface area contributed by atoms with Crippen molar-refractivity contribution in [2.24, 2.45) is 0 Å². The van der Waals surface area contributed by atoms with Crippen LogP contribution in [0.2, 0.25) is 0 Å². The van der Waals surface area contributed by atoms with Gasteiger partial charge in [-0.15, -0.1) is 0 Å². The quantitative estimate of drug-likeness (QED) is 0.739. The molecule has 1 aromatic carbocycles. The second-order valence-corrected chi connectivity index (χ2v) is 3.48. The van der Waals surface area contributed by atoms with Gasteiger partial charge in [0, 0.05) is 12.2 Å². The van der Waals surface area contributed by atoms with E-state index in [1.165, 1.54) is 11.9 Å². The number of rotatable bonds is 5. The van der Waals surface area contributed by atoms with Crippen molar-refractivity contribution in [3.8, 4) is 0 Å². The van der Waals surface area contributed by atoms with Gasteiger partial charge in [-0.05, 0) is 26.1 Å². The molecule has 1 rings (SSSR count). The van der Waals surface area contributed by atoms with Crippen molar-refractivity contribution < 1.29 is 14.7 Å². The molecule has 0 aliphatic rings.